The van der Waals surface area contributed by atoms with E-state index in [2.05, 4.69) is 55.6 Å². The monoisotopic (exact) mass is 358 g/mol. The van der Waals surface area contributed by atoms with Crippen LogP contribution >= 0.6 is 23.4 Å². The van der Waals surface area contributed by atoms with Crippen molar-refractivity contribution in [2.24, 2.45) is 5.92 Å². The molecule has 0 aliphatic heterocycles. The number of rotatable bonds is 5. The second-order valence-electron chi connectivity index (χ2n) is 7.01. The van der Waals surface area contributed by atoms with Gasteiger partial charge in [0.25, 0.3) is 0 Å². The first-order valence-electron chi connectivity index (χ1n) is 9.10. The summed E-state index contributed by atoms with van der Waals surface area (Å²) in [4.78, 5) is 1.31. The molecule has 0 N–H and O–H groups in total. The van der Waals surface area contributed by atoms with Crippen LogP contribution in [-0.4, -0.2) is 6.26 Å². The number of hydrogen-bond acceptors (Lipinski definition) is 1. The maximum Gasteiger partial charge on any atom is 0.0441 e. The predicted molar refractivity (Wildman–Crippen MR) is 107 cm³/mol. The van der Waals surface area contributed by atoms with Gasteiger partial charge in [-0.15, -0.1) is 11.8 Å². The van der Waals surface area contributed by atoms with Crippen LogP contribution in [0.4, 0.5) is 0 Å². The summed E-state index contributed by atoms with van der Waals surface area (Å²) in [5.74, 6) is 1.63. The molecular weight excluding hydrogens is 332 g/mol. The Kier molecular flexibility index (Phi) is 6.30. The summed E-state index contributed by atoms with van der Waals surface area (Å²) in [6, 6.07) is 15.6. The molecule has 24 heavy (non-hydrogen) atoms. The van der Waals surface area contributed by atoms with E-state index in [1.807, 2.05) is 0 Å². The Hall–Kier alpha value is -0.920. The van der Waals surface area contributed by atoms with Gasteiger partial charge in [-0.3, -0.25) is 0 Å². The van der Waals surface area contributed by atoms with E-state index in [-0.39, 0.29) is 0 Å². The lowest BCUT2D eigenvalue weighted by atomic mass is 9.77. The molecule has 0 saturated heterocycles. The highest BCUT2D eigenvalue weighted by Crippen LogP contribution is 2.38. The Labute approximate surface area is 156 Å². The molecule has 2 atom stereocenters. The van der Waals surface area contributed by atoms with Crippen LogP contribution in [0.25, 0.3) is 0 Å². The molecular formula is C22H27ClS. The van der Waals surface area contributed by atoms with E-state index < -0.39 is 0 Å². The summed E-state index contributed by atoms with van der Waals surface area (Å²) in [5, 5.41) is 0.899. The molecule has 0 radical (unpaired) electrons. The van der Waals surface area contributed by atoms with Crippen LogP contribution in [-0.2, 0) is 6.42 Å². The first-order chi connectivity index (χ1) is 11.7. The maximum atomic E-state index is 6.50. The van der Waals surface area contributed by atoms with Crippen molar-refractivity contribution in [1.29, 1.82) is 0 Å². The van der Waals surface area contributed by atoms with Crippen LogP contribution in [0.1, 0.15) is 61.6 Å². The molecule has 0 nitrogen and oxygen atoms in total. The van der Waals surface area contributed by atoms with E-state index in [9.17, 15) is 0 Å². The van der Waals surface area contributed by atoms with Crippen molar-refractivity contribution in [1.82, 2.24) is 0 Å². The van der Waals surface area contributed by atoms with Gasteiger partial charge in [0.2, 0.25) is 0 Å². The van der Waals surface area contributed by atoms with Crippen molar-refractivity contribution in [2.75, 3.05) is 6.26 Å². The highest BCUT2D eigenvalue weighted by molar-refractivity contribution is 7.98. The molecule has 0 aromatic heterocycles. The van der Waals surface area contributed by atoms with Crippen LogP contribution in [0.15, 0.2) is 47.4 Å². The second-order valence-corrected chi connectivity index (χ2v) is 8.30. The summed E-state index contributed by atoms with van der Waals surface area (Å²) in [5.41, 5.74) is 4.10. The zero-order valence-corrected chi connectivity index (χ0v) is 16.3. The van der Waals surface area contributed by atoms with E-state index in [1.54, 1.807) is 11.8 Å². The Morgan fingerprint density at radius 3 is 2.58 bits per heavy atom. The van der Waals surface area contributed by atoms with Crippen LogP contribution < -0.4 is 0 Å². The number of thioether (sulfide) groups is 1. The highest BCUT2D eigenvalue weighted by atomic mass is 35.5. The van der Waals surface area contributed by atoms with Gasteiger partial charge in [-0.05, 0) is 72.2 Å². The summed E-state index contributed by atoms with van der Waals surface area (Å²) in [7, 11) is 0. The number of benzene rings is 2. The fourth-order valence-corrected chi connectivity index (χ4v) is 4.50. The van der Waals surface area contributed by atoms with Gasteiger partial charge < -0.3 is 0 Å². The second kappa shape index (κ2) is 8.45. The molecule has 1 aliphatic rings. The summed E-state index contributed by atoms with van der Waals surface area (Å²) >= 11 is 8.28. The van der Waals surface area contributed by atoms with Gasteiger partial charge in [0, 0.05) is 9.92 Å². The third-order valence-electron chi connectivity index (χ3n) is 5.45. The minimum absolute atomic E-state index is 0.721. The largest absolute Gasteiger partial charge is 0.130 e. The van der Waals surface area contributed by atoms with E-state index in [0.717, 1.165) is 23.3 Å². The Balaban J connectivity index is 1.78. The molecule has 1 fully saturated rings. The van der Waals surface area contributed by atoms with Crippen molar-refractivity contribution in [3.63, 3.8) is 0 Å². The smallest absolute Gasteiger partial charge is 0.0441 e. The zero-order valence-electron chi connectivity index (χ0n) is 14.7. The Bertz CT molecular complexity index is 662. The van der Waals surface area contributed by atoms with E-state index in [0.29, 0.717) is 0 Å². The van der Waals surface area contributed by atoms with Crippen molar-refractivity contribution in [3.8, 4) is 0 Å². The topological polar surface area (TPSA) is 0 Å². The third kappa shape index (κ3) is 4.37. The fraction of sp³-hybridized carbons (Fsp3) is 0.455. The molecule has 0 amide bonds. The lowest BCUT2D eigenvalue weighted by molar-refractivity contribution is 0.314. The van der Waals surface area contributed by atoms with Gasteiger partial charge in [0.05, 0.1) is 0 Å². The minimum Gasteiger partial charge on any atom is -0.130 e. The first kappa shape index (κ1) is 17.9. The van der Waals surface area contributed by atoms with E-state index in [1.165, 1.54) is 53.7 Å². The SMILES string of the molecule is CCC1CCCC(c2ccc(Cl)c(Cc3ccc(SC)cc3)c2)C1. The Morgan fingerprint density at radius 2 is 1.88 bits per heavy atom. The van der Waals surface area contributed by atoms with Crippen molar-refractivity contribution >= 4 is 23.4 Å². The number of halogens is 1. The van der Waals surface area contributed by atoms with E-state index in [4.69, 9.17) is 11.6 Å². The van der Waals surface area contributed by atoms with Gasteiger partial charge in [-0.2, -0.15) is 0 Å². The summed E-state index contributed by atoms with van der Waals surface area (Å²) < 4.78 is 0. The molecule has 0 spiro atoms. The van der Waals surface area contributed by atoms with Gasteiger partial charge in [0.1, 0.15) is 0 Å². The summed E-state index contributed by atoms with van der Waals surface area (Å²) in [6.07, 6.45) is 9.82. The van der Waals surface area contributed by atoms with Crippen LogP contribution in [0.2, 0.25) is 5.02 Å². The molecule has 3 rings (SSSR count). The van der Waals surface area contributed by atoms with Gasteiger partial charge in [0.15, 0.2) is 0 Å². The Morgan fingerprint density at radius 1 is 1.08 bits per heavy atom. The minimum atomic E-state index is 0.721. The average Bonchev–Trinajstić information content (AvgIpc) is 2.64. The summed E-state index contributed by atoms with van der Waals surface area (Å²) in [6.45, 7) is 2.33. The van der Waals surface area contributed by atoms with Gasteiger partial charge in [-0.25, -0.2) is 0 Å². The molecule has 1 saturated carbocycles. The molecule has 2 aromatic carbocycles. The average molecular weight is 359 g/mol. The number of hydrogen-bond donors (Lipinski definition) is 0. The predicted octanol–water partition coefficient (Wildman–Crippen LogP) is 7.34. The standard InChI is InChI=1S/C22H27ClS/c1-3-16-5-4-6-18(13-16)19-9-12-22(23)20(15-19)14-17-7-10-21(24-2)11-8-17/h7-12,15-16,18H,3-6,13-14H2,1-2H3. The molecule has 2 unspecified atom stereocenters. The van der Waals surface area contributed by atoms with Crippen molar-refractivity contribution in [3.05, 3.63) is 64.2 Å². The molecule has 2 aromatic rings. The van der Waals surface area contributed by atoms with Crippen LogP contribution in [0.3, 0.4) is 0 Å². The first-order valence-corrected chi connectivity index (χ1v) is 10.7. The van der Waals surface area contributed by atoms with Crippen LogP contribution in [0.5, 0.6) is 0 Å². The molecule has 128 valence electrons. The quantitative estimate of drug-likeness (QED) is 0.504. The normalized spacial score (nSPS) is 21.0. The lowest BCUT2D eigenvalue weighted by Crippen LogP contribution is -2.13. The zero-order chi connectivity index (χ0) is 16.9. The third-order valence-corrected chi connectivity index (χ3v) is 6.57. The van der Waals surface area contributed by atoms with Gasteiger partial charge >= 0.3 is 0 Å². The van der Waals surface area contributed by atoms with Gasteiger partial charge in [-0.1, -0.05) is 62.1 Å². The van der Waals surface area contributed by atoms with Crippen molar-refractivity contribution < 1.29 is 0 Å². The van der Waals surface area contributed by atoms with Crippen LogP contribution in [0, 0.1) is 5.92 Å². The maximum absolute atomic E-state index is 6.50. The molecule has 2 heteroatoms. The van der Waals surface area contributed by atoms with Crippen molar-refractivity contribution in [2.45, 2.75) is 56.3 Å². The van der Waals surface area contributed by atoms with E-state index >= 15 is 0 Å². The fourth-order valence-electron chi connectivity index (χ4n) is 3.91. The molecule has 0 bridgehead atoms. The highest BCUT2D eigenvalue weighted by Gasteiger charge is 2.22. The molecule has 1 aliphatic carbocycles. The lowest BCUT2D eigenvalue weighted by Gasteiger charge is -2.29. The molecule has 0 heterocycles.